The van der Waals surface area contributed by atoms with Crippen molar-refractivity contribution in [1.29, 1.82) is 0 Å². The van der Waals surface area contributed by atoms with Gasteiger partial charge in [-0.25, -0.2) is 4.79 Å². The maximum atomic E-state index is 12.8. The lowest BCUT2D eigenvalue weighted by Gasteiger charge is -2.08. The molecule has 0 radical (unpaired) electrons. The minimum Gasteiger partial charge on any atom is -0.489 e. The molecule has 194 valence electrons. The molecule has 0 saturated heterocycles. The summed E-state index contributed by atoms with van der Waals surface area (Å²) < 4.78 is 22.3. The number of esters is 1. The van der Waals surface area contributed by atoms with Crippen LogP contribution in [0.1, 0.15) is 11.1 Å². The first-order valence-corrected chi connectivity index (χ1v) is 12.6. The van der Waals surface area contributed by atoms with Crippen LogP contribution in [-0.2, 0) is 11.4 Å². The van der Waals surface area contributed by atoms with Gasteiger partial charge >= 0.3 is 5.97 Å². The number of para-hydroxylation sites is 1. The molecule has 0 aliphatic rings. The molecule has 5 rings (SSSR count). The Morgan fingerprint density at radius 2 is 1.54 bits per heavy atom. The fourth-order valence-corrected chi connectivity index (χ4v) is 4.00. The van der Waals surface area contributed by atoms with E-state index in [1.54, 1.807) is 42.5 Å². The highest BCUT2D eigenvalue weighted by Gasteiger charge is 2.12. The van der Waals surface area contributed by atoms with Gasteiger partial charge in [-0.1, -0.05) is 65.7 Å². The van der Waals surface area contributed by atoms with Crippen LogP contribution in [0.4, 0.5) is 0 Å². The van der Waals surface area contributed by atoms with Crippen molar-refractivity contribution in [3.05, 3.63) is 135 Å². The highest BCUT2D eigenvalue weighted by molar-refractivity contribution is 6.32. The maximum absolute atomic E-state index is 12.8. The summed E-state index contributed by atoms with van der Waals surface area (Å²) in [5, 5.41) is 1.29. The maximum Gasteiger partial charge on any atom is 0.336 e. The SMILES string of the molecule is O=C(C=Cc1ccc(OCc2ccccc2Cl)cc1)Oc1ccc2c(=O)c(Oc3ccccc3Cl)coc2c1. The molecule has 0 amide bonds. The fraction of sp³-hybridized carbons (Fsp3) is 0.0323. The van der Waals surface area contributed by atoms with Crippen LogP contribution in [0.3, 0.4) is 0 Å². The number of ether oxygens (including phenoxy) is 3. The Morgan fingerprint density at radius 1 is 0.821 bits per heavy atom. The number of carbonyl (C=O) groups excluding carboxylic acids is 1. The van der Waals surface area contributed by atoms with E-state index in [1.807, 2.05) is 36.4 Å². The molecule has 0 bridgehead atoms. The third-order valence-electron chi connectivity index (χ3n) is 5.63. The zero-order valence-corrected chi connectivity index (χ0v) is 21.8. The van der Waals surface area contributed by atoms with E-state index in [-0.39, 0.29) is 27.9 Å². The molecular weight excluding hydrogens is 539 g/mol. The Kier molecular flexibility index (Phi) is 7.96. The van der Waals surface area contributed by atoms with Crippen molar-refractivity contribution in [2.24, 2.45) is 0 Å². The molecule has 0 aliphatic heterocycles. The van der Waals surface area contributed by atoms with Crippen molar-refractivity contribution in [3.63, 3.8) is 0 Å². The summed E-state index contributed by atoms with van der Waals surface area (Å²) >= 11 is 12.3. The quantitative estimate of drug-likeness (QED) is 0.109. The molecule has 1 heterocycles. The van der Waals surface area contributed by atoms with Crippen molar-refractivity contribution in [2.45, 2.75) is 6.61 Å². The third-order valence-corrected chi connectivity index (χ3v) is 6.31. The zero-order chi connectivity index (χ0) is 27.2. The first kappa shape index (κ1) is 26.1. The van der Waals surface area contributed by atoms with Gasteiger partial charge in [0.2, 0.25) is 11.2 Å². The van der Waals surface area contributed by atoms with Gasteiger partial charge in [-0.3, -0.25) is 4.79 Å². The van der Waals surface area contributed by atoms with Crippen molar-refractivity contribution in [1.82, 2.24) is 0 Å². The molecular formula is C31H20Cl2O6. The minimum absolute atomic E-state index is 0.0106. The lowest BCUT2D eigenvalue weighted by molar-refractivity contribution is -0.128. The lowest BCUT2D eigenvalue weighted by atomic mass is 10.2. The van der Waals surface area contributed by atoms with Crippen molar-refractivity contribution in [2.75, 3.05) is 0 Å². The van der Waals surface area contributed by atoms with E-state index in [0.717, 1.165) is 11.1 Å². The smallest absolute Gasteiger partial charge is 0.336 e. The van der Waals surface area contributed by atoms with Crippen molar-refractivity contribution in [3.8, 4) is 23.0 Å². The summed E-state index contributed by atoms with van der Waals surface area (Å²) in [5.74, 6) is 0.636. The molecule has 0 spiro atoms. The average molecular weight is 559 g/mol. The normalized spacial score (nSPS) is 11.0. The Labute approximate surface area is 233 Å². The predicted octanol–water partition coefficient (Wildman–Crippen LogP) is 8.09. The first-order chi connectivity index (χ1) is 19.0. The van der Waals surface area contributed by atoms with Gasteiger partial charge in [-0.15, -0.1) is 0 Å². The molecule has 0 unspecified atom stereocenters. The van der Waals surface area contributed by atoms with Gasteiger partial charge in [0.05, 0.1) is 10.4 Å². The van der Waals surface area contributed by atoms with Crippen LogP contribution >= 0.6 is 23.2 Å². The minimum atomic E-state index is -0.589. The second kappa shape index (κ2) is 11.9. The van der Waals surface area contributed by atoms with E-state index in [1.165, 1.54) is 30.5 Å². The Hall–Kier alpha value is -4.52. The molecule has 1 aromatic heterocycles. The molecule has 5 aromatic rings. The molecule has 0 atom stereocenters. The topological polar surface area (TPSA) is 75.0 Å². The lowest BCUT2D eigenvalue weighted by Crippen LogP contribution is -2.06. The van der Waals surface area contributed by atoms with Gasteiger partial charge in [0.25, 0.3) is 0 Å². The van der Waals surface area contributed by atoms with E-state index in [2.05, 4.69) is 0 Å². The molecule has 8 heteroatoms. The predicted molar refractivity (Wildman–Crippen MR) is 151 cm³/mol. The number of fused-ring (bicyclic) bond motifs is 1. The van der Waals surface area contributed by atoms with Crippen LogP contribution in [-0.4, -0.2) is 5.97 Å². The van der Waals surface area contributed by atoms with E-state index in [0.29, 0.717) is 28.2 Å². The summed E-state index contributed by atoms with van der Waals surface area (Å²) in [6, 6.07) is 26.0. The standard InChI is InChI=1S/C31H20Cl2O6/c32-25-6-2-1-5-21(25)18-36-22-12-9-20(10-13-22)11-16-30(34)38-23-14-15-24-28(17-23)37-19-29(31(24)35)39-27-8-4-3-7-26(27)33/h1-17,19H,18H2. The highest BCUT2D eigenvalue weighted by atomic mass is 35.5. The number of benzene rings is 4. The Morgan fingerprint density at radius 3 is 2.31 bits per heavy atom. The highest BCUT2D eigenvalue weighted by Crippen LogP contribution is 2.29. The number of hydrogen-bond acceptors (Lipinski definition) is 6. The second-order valence-electron chi connectivity index (χ2n) is 8.32. The number of rotatable bonds is 8. The summed E-state index contributed by atoms with van der Waals surface area (Å²) in [6.45, 7) is 0.350. The van der Waals surface area contributed by atoms with Crippen LogP contribution < -0.4 is 19.6 Å². The second-order valence-corrected chi connectivity index (χ2v) is 9.14. The monoisotopic (exact) mass is 558 g/mol. The summed E-state index contributed by atoms with van der Waals surface area (Å²) in [6.07, 6.45) is 4.13. The molecule has 0 N–H and O–H groups in total. The Bertz CT molecular complexity index is 1720. The summed E-state index contributed by atoms with van der Waals surface area (Å²) in [4.78, 5) is 25.2. The van der Waals surface area contributed by atoms with Crippen molar-refractivity contribution >= 4 is 46.2 Å². The van der Waals surface area contributed by atoms with E-state index >= 15 is 0 Å². The van der Waals surface area contributed by atoms with Gasteiger partial charge in [0.1, 0.15) is 35.7 Å². The first-order valence-electron chi connectivity index (χ1n) is 11.8. The summed E-state index contributed by atoms with van der Waals surface area (Å²) in [7, 11) is 0. The van der Waals surface area contributed by atoms with E-state index < -0.39 is 5.97 Å². The average Bonchev–Trinajstić information content (AvgIpc) is 2.95. The van der Waals surface area contributed by atoms with E-state index in [4.69, 9.17) is 41.8 Å². The largest absolute Gasteiger partial charge is 0.489 e. The van der Waals surface area contributed by atoms with Gasteiger partial charge in [-0.05, 0) is 54.1 Å². The molecule has 0 aliphatic carbocycles. The number of halogens is 2. The van der Waals surface area contributed by atoms with Gasteiger partial charge in [0.15, 0.2) is 0 Å². The van der Waals surface area contributed by atoms with Crippen molar-refractivity contribution < 1.29 is 23.4 Å². The van der Waals surface area contributed by atoms with Crippen LogP contribution in [0.5, 0.6) is 23.0 Å². The molecule has 0 fully saturated rings. The molecule has 4 aromatic carbocycles. The Balaban J connectivity index is 1.20. The molecule has 6 nitrogen and oxygen atoms in total. The zero-order valence-electron chi connectivity index (χ0n) is 20.3. The fourth-order valence-electron chi connectivity index (χ4n) is 3.64. The van der Waals surface area contributed by atoms with Gasteiger partial charge in [-0.2, -0.15) is 0 Å². The summed E-state index contributed by atoms with van der Waals surface area (Å²) in [5.41, 5.74) is 1.54. The van der Waals surface area contributed by atoms with Crippen LogP contribution in [0.2, 0.25) is 10.0 Å². The molecule has 39 heavy (non-hydrogen) atoms. The van der Waals surface area contributed by atoms with Crippen LogP contribution in [0.25, 0.3) is 17.0 Å². The number of carbonyl (C=O) groups is 1. The third kappa shape index (κ3) is 6.49. The van der Waals surface area contributed by atoms with Crippen LogP contribution in [0, 0.1) is 0 Å². The number of hydrogen-bond donors (Lipinski definition) is 0. The van der Waals surface area contributed by atoms with E-state index in [9.17, 15) is 9.59 Å². The van der Waals surface area contributed by atoms with Crippen LogP contribution in [0.15, 0.2) is 113 Å². The molecule has 0 saturated carbocycles. The van der Waals surface area contributed by atoms with Gasteiger partial charge in [0, 0.05) is 22.7 Å². The van der Waals surface area contributed by atoms with Gasteiger partial charge < -0.3 is 18.6 Å².